The molecular weight excluding hydrogens is 401 g/mol. The molecule has 1 saturated carbocycles. The van der Waals surface area contributed by atoms with Gasteiger partial charge in [0.25, 0.3) is 11.5 Å². The molecule has 0 aliphatic heterocycles. The molecule has 5 nitrogen and oxygen atoms in total. The van der Waals surface area contributed by atoms with Crippen molar-refractivity contribution in [2.75, 3.05) is 0 Å². The second kappa shape index (κ2) is 8.14. The number of H-pyrrole nitrogens is 1. The number of benzene rings is 2. The maximum atomic E-state index is 13.2. The van der Waals surface area contributed by atoms with E-state index in [1.165, 1.54) is 35.3 Å². The van der Waals surface area contributed by atoms with Crippen molar-refractivity contribution in [1.29, 1.82) is 0 Å². The van der Waals surface area contributed by atoms with Crippen LogP contribution in [0.15, 0.2) is 47.3 Å². The van der Waals surface area contributed by atoms with Crippen LogP contribution >= 0.6 is 12.2 Å². The number of carbonyl (C=O) groups is 1. The first-order valence-electron chi connectivity index (χ1n) is 10.2. The summed E-state index contributed by atoms with van der Waals surface area (Å²) in [5, 5.41) is 3.56. The lowest BCUT2D eigenvalue weighted by Gasteiger charge is -2.34. The second-order valence-electron chi connectivity index (χ2n) is 8.15. The molecule has 1 heterocycles. The SMILES string of the molecule is CC1CCCC(NC(=O)c2ccc3c(=O)n(-c4ccc(F)cc4)c(=S)[nH]c3c2)C1C. The van der Waals surface area contributed by atoms with Gasteiger partial charge < -0.3 is 10.3 Å². The third-order valence-electron chi connectivity index (χ3n) is 6.27. The standard InChI is InChI=1S/C23H24FN3O2S/c1-13-4-3-5-19(14(13)2)25-21(28)15-6-11-18-20(12-15)26-23(30)27(22(18)29)17-9-7-16(24)8-10-17/h6-14,19H,3-5H2,1-2H3,(H,25,28)(H,26,30). The van der Waals surface area contributed by atoms with Crippen molar-refractivity contribution in [2.45, 2.75) is 39.2 Å². The van der Waals surface area contributed by atoms with Gasteiger partial charge in [-0.1, -0.05) is 26.7 Å². The van der Waals surface area contributed by atoms with Gasteiger partial charge in [0.1, 0.15) is 5.82 Å². The van der Waals surface area contributed by atoms with E-state index in [1.807, 2.05) is 0 Å². The highest BCUT2D eigenvalue weighted by molar-refractivity contribution is 7.71. The Balaban J connectivity index is 1.67. The summed E-state index contributed by atoms with van der Waals surface area (Å²) < 4.78 is 14.7. The van der Waals surface area contributed by atoms with Crippen LogP contribution in [0.5, 0.6) is 0 Å². The molecule has 30 heavy (non-hydrogen) atoms. The van der Waals surface area contributed by atoms with Crippen molar-refractivity contribution < 1.29 is 9.18 Å². The number of rotatable bonds is 3. The highest BCUT2D eigenvalue weighted by Crippen LogP contribution is 2.29. The van der Waals surface area contributed by atoms with Crippen LogP contribution in [-0.4, -0.2) is 21.5 Å². The van der Waals surface area contributed by atoms with E-state index in [1.54, 1.807) is 18.2 Å². The van der Waals surface area contributed by atoms with Crippen LogP contribution in [0.2, 0.25) is 0 Å². The first kappa shape index (κ1) is 20.5. The number of halogens is 1. The van der Waals surface area contributed by atoms with E-state index in [9.17, 15) is 14.0 Å². The van der Waals surface area contributed by atoms with Crippen LogP contribution in [0.3, 0.4) is 0 Å². The number of nitrogens with zero attached hydrogens (tertiary/aromatic N) is 1. The van der Waals surface area contributed by atoms with Crippen LogP contribution < -0.4 is 10.9 Å². The van der Waals surface area contributed by atoms with Crippen LogP contribution in [-0.2, 0) is 0 Å². The van der Waals surface area contributed by atoms with Crippen LogP contribution in [0.25, 0.3) is 16.6 Å². The first-order valence-corrected chi connectivity index (χ1v) is 10.6. The third-order valence-corrected chi connectivity index (χ3v) is 6.55. The topological polar surface area (TPSA) is 66.9 Å². The van der Waals surface area contributed by atoms with Gasteiger partial charge >= 0.3 is 0 Å². The van der Waals surface area contributed by atoms with Gasteiger partial charge in [-0.15, -0.1) is 0 Å². The van der Waals surface area contributed by atoms with Gasteiger partial charge in [0.05, 0.1) is 16.6 Å². The number of aromatic nitrogens is 2. The fourth-order valence-electron chi connectivity index (χ4n) is 4.22. The highest BCUT2D eigenvalue weighted by Gasteiger charge is 2.28. The molecule has 1 fully saturated rings. The molecule has 4 rings (SSSR count). The molecule has 1 aromatic heterocycles. The molecule has 2 aromatic carbocycles. The van der Waals surface area contributed by atoms with Gasteiger partial charge in [-0.2, -0.15) is 0 Å². The normalized spacial score (nSPS) is 21.5. The Bertz CT molecular complexity index is 1220. The van der Waals surface area contributed by atoms with Crippen LogP contribution in [0, 0.1) is 22.4 Å². The number of nitrogens with one attached hydrogen (secondary N) is 2. The van der Waals surface area contributed by atoms with Crippen molar-refractivity contribution >= 4 is 29.0 Å². The monoisotopic (exact) mass is 425 g/mol. The molecule has 0 bridgehead atoms. The number of fused-ring (bicyclic) bond motifs is 1. The van der Waals surface area contributed by atoms with Crippen LogP contribution in [0.4, 0.5) is 4.39 Å². The minimum Gasteiger partial charge on any atom is -0.349 e. The summed E-state index contributed by atoms with van der Waals surface area (Å²) in [6, 6.07) is 10.7. The smallest absolute Gasteiger partial charge is 0.266 e. The maximum absolute atomic E-state index is 13.2. The summed E-state index contributed by atoms with van der Waals surface area (Å²) in [6.07, 6.45) is 3.29. The summed E-state index contributed by atoms with van der Waals surface area (Å²) in [6.45, 7) is 4.41. The zero-order valence-corrected chi connectivity index (χ0v) is 17.8. The zero-order chi connectivity index (χ0) is 21.4. The molecule has 3 unspecified atom stereocenters. The largest absolute Gasteiger partial charge is 0.349 e. The fourth-order valence-corrected chi connectivity index (χ4v) is 4.52. The molecule has 3 aromatic rings. The van der Waals surface area contributed by atoms with E-state index in [2.05, 4.69) is 24.1 Å². The molecule has 7 heteroatoms. The molecular formula is C23H24FN3O2S. The Labute approximate surface area is 178 Å². The lowest BCUT2D eigenvalue weighted by Crippen LogP contribution is -2.43. The Kier molecular flexibility index (Phi) is 5.56. The highest BCUT2D eigenvalue weighted by atomic mass is 32.1. The summed E-state index contributed by atoms with van der Waals surface area (Å²) in [5.74, 6) is 0.475. The van der Waals surface area contributed by atoms with Crippen molar-refractivity contribution in [3.8, 4) is 5.69 Å². The lowest BCUT2D eigenvalue weighted by molar-refractivity contribution is 0.0891. The minimum atomic E-state index is -0.389. The molecule has 156 valence electrons. The van der Waals surface area contributed by atoms with Gasteiger partial charge in [0.2, 0.25) is 0 Å². The second-order valence-corrected chi connectivity index (χ2v) is 8.54. The average molecular weight is 426 g/mol. The van der Waals surface area contributed by atoms with Crippen molar-refractivity contribution in [3.63, 3.8) is 0 Å². The van der Waals surface area contributed by atoms with Gasteiger partial charge in [0, 0.05) is 11.6 Å². The van der Waals surface area contributed by atoms with E-state index in [0.717, 1.165) is 12.8 Å². The first-order chi connectivity index (χ1) is 14.3. The van der Waals surface area contributed by atoms with Gasteiger partial charge in [0.15, 0.2) is 4.77 Å². The lowest BCUT2D eigenvalue weighted by atomic mass is 9.78. The Morgan fingerprint density at radius 1 is 1.17 bits per heavy atom. The van der Waals surface area contributed by atoms with Crippen molar-refractivity contribution in [2.24, 2.45) is 11.8 Å². The molecule has 2 N–H and O–H groups in total. The fraction of sp³-hybridized carbons (Fsp3) is 0.348. The van der Waals surface area contributed by atoms with Crippen molar-refractivity contribution in [3.05, 3.63) is 69.0 Å². The quantitative estimate of drug-likeness (QED) is 0.596. The van der Waals surface area contributed by atoms with E-state index < -0.39 is 0 Å². The Hall–Kier alpha value is -2.80. The van der Waals surface area contributed by atoms with E-state index in [-0.39, 0.29) is 28.1 Å². The summed E-state index contributed by atoms with van der Waals surface area (Å²) in [7, 11) is 0. The molecule has 0 spiro atoms. The van der Waals surface area contributed by atoms with Crippen LogP contribution in [0.1, 0.15) is 43.5 Å². The minimum absolute atomic E-state index is 0.148. The molecule has 0 saturated heterocycles. The number of aromatic amines is 1. The van der Waals surface area contributed by atoms with Gasteiger partial charge in [-0.25, -0.2) is 4.39 Å². The van der Waals surface area contributed by atoms with E-state index in [0.29, 0.717) is 34.0 Å². The number of carbonyl (C=O) groups excluding carboxylic acids is 1. The number of amides is 1. The molecule has 1 aliphatic carbocycles. The van der Waals surface area contributed by atoms with Gasteiger partial charge in [-0.05, 0) is 72.9 Å². The maximum Gasteiger partial charge on any atom is 0.266 e. The molecule has 1 amide bonds. The summed E-state index contributed by atoms with van der Waals surface area (Å²) in [4.78, 5) is 28.9. The number of hydrogen-bond donors (Lipinski definition) is 2. The van der Waals surface area contributed by atoms with Gasteiger partial charge in [-0.3, -0.25) is 14.2 Å². The predicted molar refractivity (Wildman–Crippen MR) is 118 cm³/mol. The molecule has 3 atom stereocenters. The van der Waals surface area contributed by atoms with E-state index >= 15 is 0 Å². The molecule has 1 aliphatic rings. The summed E-state index contributed by atoms with van der Waals surface area (Å²) in [5.41, 5.74) is 1.15. The third kappa shape index (κ3) is 3.81. The van der Waals surface area contributed by atoms with E-state index in [4.69, 9.17) is 12.2 Å². The average Bonchev–Trinajstić information content (AvgIpc) is 2.72. The summed E-state index contributed by atoms with van der Waals surface area (Å²) >= 11 is 5.36. The number of hydrogen-bond acceptors (Lipinski definition) is 3. The predicted octanol–water partition coefficient (Wildman–Crippen LogP) is 4.74. The Morgan fingerprint density at radius 2 is 1.90 bits per heavy atom. The zero-order valence-electron chi connectivity index (χ0n) is 16.9. The molecule has 0 radical (unpaired) electrons. The Morgan fingerprint density at radius 3 is 2.63 bits per heavy atom. The van der Waals surface area contributed by atoms with Crippen molar-refractivity contribution in [1.82, 2.24) is 14.9 Å².